The molecule has 0 saturated carbocycles. The van der Waals surface area contributed by atoms with Crippen LogP contribution in [0, 0.1) is 0 Å². The zero-order valence-corrected chi connectivity index (χ0v) is 12.2. The summed E-state index contributed by atoms with van der Waals surface area (Å²) in [7, 11) is 0. The first-order valence-electron chi connectivity index (χ1n) is 6.45. The summed E-state index contributed by atoms with van der Waals surface area (Å²) in [5.41, 5.74) is 0. The van der Waals surface area contributed by atoms with Gasteiger partial charge in [-0.05, 0) is 38.2 Å². The summed E-state index contributed by atoms with van der Waals surface area (Å²) in [6.07, 6.45) is 4.27. The van der Waals surface area contributed by atoms with Gasteiger partial charge >= 0.3 is 12.0 Å². The Bertz CT molecular complexity index is 308. The number of hydrogen-bond donors (Lipinski definition) is 3. The third kappa shape index (κ3) is 5.69. The van der Waals surface area contributed by atoms with Crippen molar-refractivity contribution in [3.05, 3.63) is 0 Å². The SMILES string of the molecule is CSCC[C@@H](NC(=O)NC(C)C1CCCO1)C(=O)O. The molecule has 0 bridgehead atoms. The van der Waals surface area contributed by atoms with Crippen molar-refractivity contribution in [2.75, 3.05) is 18.6 Å². The van der Waals surface area contributed by atoms with Crippen molar-refractivity contribution in [1.82, 2.24) is 10.6 Å². The minimum Gasteiger partial charge on any atom is -0.480 e. The Morgan fingerprint density at radius 3 is 2.74 bits per heavy atom. The number of amides is 2. The average molecular weight is 290 g/mol. The number of urea groups is 1. The predicted octanol–water partition coefficient (Wildman–Crippen LogP) is 1.06. The van der Waals surface area contributed by atoms with Crippen molar-refractivity contribution in [2.24, 2.45) is 0 Å². The number of ether oxygens (including phenoxy) is 1. The Kier molecular flexibility index (Phi) is 7.01. The molecule has 1 saturated heterocycles. The molecule has 19 heavy (non-hydrogen) atoms. The molecule has 6 nitrogen and oxygen atoms in total. The average Bonchev–Trinajstić information content (AvgIpc) is 2.87. The van der Waals surface area contributed by atoms with Gasteiger partial charge in [0.1, 0.15) is 6.04 Å². The van der Waals surface area contributed by atoms with Crippen molar-refractivity contribution < 1.29 is 19.4 Å². The van der Waals surface area contributed by atoms with Gasteiger partial charge in [0.05, 0.1) is 12.1 Å². The van der Waals surface area contributed by atoms with Crippen molar-refractivity contribution in [1.29, 1.82) is 0 Å². The first-order valence-corrected chi connectivity index (χ1v) is 7.84. The van der Waals surface area contributed by atoms with E-state index in [1.807, 2.05) is 13.2 Å². The van der Waals surface area contributed by atoms with Gasteiger partial charge in [0.25, 0.3) is 0 Å². The zero-order valence-electron chi connectivity index (χ0n) is 11.3. The summed E-state index contributed by atoms with van der Waals surface area (Å²) in [5.74, 6) is -0.313. The Morgan fingerprint density at radius 2 is 2.21 bits per heavy atom. The van der Waals surface area contributed by atoms with Crippen molar-refractivity contribution in [3.63, 3.8) is 0 Å². The van der Waals surface area contributed by atoms with E-state index in [0.717, 1.165) is 19.4 Å². The molecule has 1 fully saturated rings. The van der Waals surface area contributed by atoms with Gasteiger partial charge in [-0.25, -0.2) is 9.59 Å². The van der Waals surface area contributed by atoms with E-state index in [9.17, 15) is 9.59 Å². The van der Waals surface area contributed by atoms with Gasteiger partial charge in [-0.2, -0.15) is 11.8 Å². The van der Waals surface area contributed by atoms with Gasteiger partial charge in [0.2, 0.25) is 0 Å². The quantitative estimate of drug-likeness (QED) is 0.652. The van der Waals surface area contributed by atoms with E-state index in [2.05, 4.69) is 10.6 Å². The van der Waals surface area contributed by atoms with Crippen molar-refractivity contribution in [2.45, 2.75) is 44.4 Å². The number of carbonyl (C=O) groups excluding carboxylic acids is 1. The maximum Gasteiger partial charge on any atom is 0.326 e. The molecule has 1 heterocycles. The van der Waals surface area contributed by atoms with Crippen molar-refractivity contribution in [3.8, 4) is 0 Å². The maximum atomic E-state index is 11.7. The molecule has 0 aromatic carbocycles. The summed E-state index contributed by atoms with van der Waals surface area (Å²) in [6, 6.07) is -1.40. The number of carboxylic acids is 1. The molecule has 0 radical (unpaired) electrons. The Hall–Kier alpha value is -0.950. The summed E-state index contributed by atoms with van der Waals surface area (Å²) in [4.78, 5) is 22.7. The molecule has 1 aliphatic rings. The molecule has 110 valence electrons. The molecule has 1 aliphatic heterocycles. The fourth-order valence-corrected chi connectivity index (χ4v) is 2.46. The van der Waals surface area contributed by atoms with Crippen LogP contribution in [0.2, 0.25) is 0 Å². The Balaban J connectivity index is 2.36. The largest absolute Gasteiger partial charge is 0.480 e. The van der Waals surface area contributed by atoms with Crippen LogP contribution in [0.3, 0.4) is 0 Å². The van der Waals surface area contributed by atoms with Crippen LogP contribution in [0.15, 0.2) is 0 Å². The monoisotopic (exact) mass is 290 g/mol. The molecular formula is C12H22N2O4S. The number of thioether (sulfide) groups is 1. The van der Waals surface area contributed by atoms with E-state index < -0.39 is 18.0 Å². The van der Waals surface area contributed by atoms with Crippen LogP contribution in [-0.4, -0.2) is 53.9 Å². The smallest absolute Gasteiger partial charge is 0.326 e. The Morgan fingerprint density at radius 1 is 1.47 bits per heavy atom. The lowest BCUT2D eigenvalue weighted by Crippen LogP contribution is -2.51. The minimum absolute atomic E-state index is 0.0280. The van der Waals surface area contributed by atoms with Crippen LogP contribution in [0.1, 0.15) is 26.2 Å². The van der Waals surface area contributed by atoms with E-state index in [1.54, 1.807) is 11.8 Å². The number of rotatable bonds is 7. The van der Waals surface area contributed by atoms with Gasteiger partial charge in [0.15, 0.2) is 0 Å². The second-order valence-electron chi connectivity index (χ2n) is 4.63. The standard InChI is InChI=1S/C12H22N2O4S/c1-8(10-4-3-6-18-10)13-12(17)14-9(11(15)16)5-7-19-2/h8-10H,3-7H2,1-2H3,(H,15,16)(H2,13,14,17)/t8?,9-,10?/m1/s1. The number of carbonyl (C=O) groups is 2. The van der Waals surface area contributed by atoms with E-state index in [0.29, 0.717) is 12.2 Å². The van der Waals surface area contributed by atoms with E-state index in [-0.39, 0.29) is 12.1 Å². The zero-order chi connectivity index (χ0) is 14.3. The number of nitrogens with one attached hydrogen (secondary N) is 2. The lowest BCUT2D eigenvalue weighted by atomic mass is 10.1. The highest BCUT2D eigenvalue weighted by atomic mass is 32.2. The summed E-state index contributed by atoms with van der Waals surface area (Å²) < 4.78 is 5.47. The summed E-state index contributed by atoms with van der Waals surface area (Å²) in [6.45, 7) is 2.59. The van der Waals surface area contributed by atoms with Gasteiger partial charge in [-0.1, -0.05) is 0 Å². The molecule has 3 atom stereocenters. The van der Waals surface area contributed by atoms with Crippen LogP contribution in [-0.2, 0) is 9.53 Å². The highest BCUT2D eigenvalue weighted by molar-refractivity contribution is 7.98. The molecule has 0 aliphatic carbocycles. The van der Waals surface area contributed by atoms with E-state index >= 15 is 0 Å². The second kappa shape index (κ2) is 8.27. The molecular weight excluding hydrogens is 268 g/mol. The maximum absolute atomic E-state index is 11.7. The molecule has 2 unspecified atom stereocenters. The lowest BCUT2D eigenvalue weighted by molar-refractivity contribution is -0.139. The molecule has 7 heteroatoms. The fourth-order valence-electron chi connectivity index (χ4n) is 1.99. The summed E-state index contributed by atoms with van der Waals surface area (Å²) in [5, 5.41) is 14.2. The van der Waals surface area contributed by atoms with E-state index in [4.69, 9.17) is 9.84 Å². The third-order valence-electron chi connectivity index (χ3n) is 3.10. The highest BCUT2D eigenvalue weighted by Crippen LogP contribution is 2.15. The molecule has 2 amide bonds. The van der Waals surface area contributed by atoms with Crippen LogP contribution in [0.5, 0.6) is 0 Å². The third-order valence-corrected chi connectivity index (χ3v) is 3.74. The number of hydrogen-bond acceptors (Lipinski definition) is 4. The van der Waals surface area contributed by atoms with Crippen molar-refractivity contribution >= 4 is 23.8 Å². The summed E-state index contributed by atoms with van der Waals surface area (Å²) >= 11 is 1.55. The molecule has 0 aromatic rings. The number of carboxylic acid groups (broad SMARTS) is 1. The van der Waals surface area contributed by atoms with E-state index in [1.165, 1.54) is 0 Å². The molecule has 0 spiro atoms. The fraction of sp³-hybridized carbons (Fsp3) is 0.833. The number of aliphatic carboxylic acids is 1. The van der Waals surface area contributed by atoms with Crippen LogP contribution in [0.4, 0.5) is 4.79 Å². The molecule has 0 aromatic heterocycles. The van der Waals surface area contributed by atoms with Gasteiger partial charge < -0.3 is 20.5 Å². The van der Waals surface area contributed by atoms with Crippen LogP contribution in [0.25, 0.3) is 0 Å². The molecule has 1 rings (SSSR count). The highest BCUT2D eigenvalue weighted by Gasteiger charge is 2.25. The molecule has 3 N–H and O–H groups in total. The van der Waals surface area contributed by atoms with Crippen LogP contribution >= 0.6 is 11.8 Å². The first-order chi connectivity index (χ1) is 9.04. The second-order valence-corrected chi connectivity index (χ2v) is 5.62. The lowest BCUT2D eigenvalue weighted by Gasteiger charge is -2.22. The predicted molar refractivity (Wildman–Crippen MR) is 74.5 cm³/mol. The topological polar surface area (TPSA) is 87.7 Å². The van der Waals surface area contributed by atoms with Gasteiger partial charge in [-0.3, -0.25) is 0 Å². The normalized spacial score (nSPS) is 21.7. The minimum atomic E-state index is -1.01. The van der Waals surface area contributed by atoms with Gasteiger partial charge in [0, 0.05) is 6.61 Å². The van der Waals surface area contributed by atoms with Gasteiger partial charge in [-0.15, -0.1) is 0 Å². The first kappa shape index (κ1) is 16.1. The Labute approximate surface area is 117 Å². The van der Waals surface area contributed by atoms with Crippen LogP contribution < -0.4 is 10.6 Å².